The van der Waals surface area contributed by atoms with E-state index in [4.69, 9.17) is 0 Å². The van der Waals surface area contributed by atoms with E-state index in [9.17, 15) is 13.9 Å². The fourth-order valence-corrected chi connectivity index (χ4v) is 3.83. The van der Waals surface area contributed by atoms with Crippen LogP contribution in [0.3, 0.4) is 0 Å². The number of hydrogen-bond donors (Lipinski definition) is 2. The number of pyridine rings is 1. The number of benzene rings is 1. The molecule has 0 saturated carbocycles. The Kier molecular flexibility index (Phi) is 4.95. The zero-order valence-corrected chi connectivity index (χ0v) is 16.5. The van der Waals surface area contributed by atoms with Crippen molar-refractivity contribution in [3.63, 3.8) is 0 Å². The first-order chi connectivity index (χ1) is 15.1. The zero-order valence-electron chi connectivity index (χ0n) is 16.5. The summed E-state index contributed by atoms with van der Waals surface area (Å²) in [7, 11) is 0. The average molecular weight is 422 g/mol. The molecule has 3 aromatic heterocycles. The minimum absolute atomic E-state index is 0.167. The van der Waals surface area contributed by atoms with Crippen molar-refractivity contribution in [1.29, 1.82) is 0 Å². The Bertz CT molecular complexity index is 1220. The summed E-state index contributed by atoms with van der Waals surface area (Å²) in [6, 6.07) is 8.91. The van der Waals surface area contributed by atoms with Crippen molar-refractivity contribution in [3.05, 3.63) is 66.6 Å². The summed E-state index contributed by atoms with van der Waals surface area (Å²) in [6.45, 7) is 1.47. The van der Waals surface area contributed by atoms with Gasteiger partial charge in [-0.25, -0.2) is 13.8 Å². The number of imidazole rings is 1. The highest BCUT2D eigenvalue weighted by molar-refractivity contribution is 5.74. The molecular formula is C22H20F2N6O. The Morgan fingerprint density at radius 2 is 1.77 bits per heavy atom. The number of hydrogen-bond acceptors (Lipinski definition) is 6. The highest BCUT2D eigenvalue weighted by Crippen LogP contribution is 2.30. The molecule has 5 rings (SSSR count). The van der Waals surface area contributed by atoms with Crippen LogP contribution in [0, 0.1) is 11.6 Å². The van der Waals surface area contributed by atoms with Gasteiger partial charge in [-0.15, -0.1) is 0 Å². The van der Waals surface area contributed by atoms with E-state index in [2.05, 4.69) is 25.3 Å². The molecular weight excluding hydrogens is 402 g/mol. The Labute approximate surface area is 177 Å². The lowest BCUT2D eigenvalue weighted by Gasteiger charge is -2.32. The molecule has 1 aromatic carbocycles. The first kappa shape index (κ1) is 19.4. The Morgan fingerprint density at radius 1 is 1.00 bits per heavy atom. The van der Waals surface area contributed by atoms with Crippen LogP contribution in [0.25, 0.3) is 16.8 Å². The molecule has 0 bridgehead atoms. The SMILES string of the molecule is OC1CCN(c2ccncc2Nc2ncc3ccc(-c4c(F)cccc4F)nn23)CC1. The molecule has 1 saturated heterocycles. The van der Waals surface area contributed by atoms with Gasteiger partial charge in [0.2, 0.25) is 5.95 Å². The minimum atomic E-state index is -0.677. The molecule has 0 unspecified atom stereocenters. The van der Waals surface area contributed by atoms with Gasteiger partial charge in [0.15, 0.2) is 0 Å². The highest BCUT2D eigenvalue weighted by Gasteiger charge is 2.20. The van der Waals surface area contributed by atoms with E-state index in [0.717, 1.165) is 24.5 Å². The smallest absolute Gasteiger partial charge is 0.229 e. The molecule has 4 aromatic rings. The van der Waals surface area contributed by atoms with Gasteiger partial charge in [-0.1, -0.05) is 6.07 Å². The highest BCUT2D eigenvalue weighted by atomic mass is 19.1. The number of fused-ring (bicyclic) bond motifs is 1. The summed E-state index contributed by atoms with van der Waals surface area (Å²) < 4.78 is 30.0. The quantitative estimate of drug-likeness (QED) is 0.521. The Balaban J connectivity index is 1.51. The minimum Gasteiger partial charge on any atom is -0.393 e. The van der Waals surface area contributed by atoms with Gasteiger partial charge in [0.1, 0.15) is 11.6 Å². The fraction of sp³-hybridized carbons (Fsp3) is 0.227. The van der Waals surface area contributed by atoms with Crippen molar-refractivity contribution in [2.24, 2.45) is 0 Å². The van der Waals surface area contributed by atoms with Crippen LogP contribution in [0.5, 0.6) is 0 Å². The number of nitrogens with zero attached hydrogens (tertiary/aromatic N) is 5. The molecule has 0 aliphatic carbocycles. The number of aromatic nitrogens is 4. The molecule has 2 N–H and O–H groups in total. The molecule has 0 amide bonds. The van der Waals surface area contributed by atoms with Crippen molar-refractivity contribution in [2.75, 3.05) is 23.3 Å². The molecule has 1 fully saturated rings. The number of aliphatic hydroxyl groups excluding tert-OH is 1. The van der Waals surface area contributed by atoms with Crippen LogP contribution in [0.4, 0.5) is 26.1 Å². The van der Waals surface area contributed by atoms with Gasteiger partial charge in [-0.3, -0.25) is 4.98 Å². The van der Waals surface area contributed by atoms with Gasteiger partial charge in [-0.2, -0.15) is 9.61 Å². The summed E-state index contributed by atoms with van der Waals surface area (Å²) in [4.78, 5) is 10.8. The largest absolute Gasteiger partial charge is 0.393 e. The molecule has 0 radical (unpaired) electrons. The molecule has 158 valence electrons. The standard InChI is InChI=1S/C22H20F2N6O/c23-16-2-1-3-17(24)21(16)18-5-4-14-12-26-22(30(14)28-18)27-19-13-25-9-6-20(19)29-10-7-15(31)8-11-29/h1-6,9,12-13,15,31H,7-8,10-11H2,(H,26,27). The lowest BCUT2D eigenvalue weighted by molar-refractivity contribution is 0.145. The second-order valence-electron chi connectivity index (χ2n) is 7.47. The second-order valence-corrected chi connectivity index (χ2v) is 7.47. The summed E-state index contributed by atoms with van der Waals surface area (Å²) in [5, 5.41) is 17.5. The van der Waals surface area contributed by atoms with E-state index in [1.165, 1.54) is 22.7 Å². The Hall–Kier alpha value is -3.59. The number of halogens is 2. The normalized spacial score (nSPS) is 14.9. The van der Waals surface area contributed by atoms with Crippen LogP contribution in [0.15, 0.2) is 55.0 Å². The number of rotatable bonds is 4. The van der Waals surface area contributed by atoms with Crippen molar-refractivity contribution in [1.82, 2.24) is 19.6 Å². The van der Waals surface area contributed by atoms with Gasteiger partial charge in [0.25, 0.3) is 0 Å². The van der Waals surface area contributed by atoms with Crippen molar-refractivity contribution in [2.45, 2.75) is 18.9 Å². The predicted molar refractivity (Wildman–Crippen MR) is 113 cm³/mol. The van der Waals surface area contributed by atoms with Crippen molar-refractivity contribution in [3.8, 4) is 11.3 Å². The van der Waals surface area contributed by atoms with Crippen molar-refractivity contribution < 1.29 is 13.9 Å². The molecule has 9 heteroatoms. The van der Waals surface area contributed by atoms with Crippen LogP contribution in [-0.2, 0) is 0 Å². The van der Waals surface area contributed by atoms with Gasteiger partial charge in [0.05, 0.1) is 46.6 Å². The monoisotopic (exact) mass is 422 g/mol. The lowest BCUT2D eigenvalue weighted by atomic mass is 10.1. The number of nitrogens with one attached hydrogen (secondary N) is 1. The second kappa shape index (κ2) is 7.92. The van der Waals surface area contributed by atoms with Gasteiger partial charge < -0.3 is 15.3 Å². The van der Waals surface area contributed by atoms with E-state index in [0.29, 0.717) is 24.3 Å². The third-order valence-electron chi connectivity index (χ3n) is 5.45. The number of piperidine rings is 1. The van der Waals surface area contributed by atoms with E-state index in [1.807, 2.05) is 6.07 Å². The summed E-state index contributed by atoms with van der Waals surface area (Å²) >= 11 is 0. The van der Waals surface area contributed by atoms with E-state index in [-0.39, 0.29) is 17.4 Å². The third-order valence-corrected chi connectivity index (χ3v) is 5.45. The first-order valence-corrected chi connectivity index (χ1v) is 10.0. The molecule has 0 spiro atoms. The van der Waals surface area contributed by atoms with Gasteiger partial charge >= 0.3 is 0 Å². The van der Waals surface area contributed by atoms with Crippen molar-refractivity contribution >= 4 is 22.8 Å². The topological polar surface area (TPSA) is 78.6 Å². The van der Waals surface area contributed by atoms with Crippen LogP contribution in [0.2, 0.25) is 0 Å². The van der Waals surface area contributed by atoms with Gasteiger partial charge in [-0.05, 0) is 43.2 Å². The predicted octanol–water partition coefficient (Wildman–Crippen LogP) is 3.77. The summed E-state index contributed by atoms with van der Waals surface area (Å²) in [5.41, 5.74) is 2.33. The molecule has 0 atom stereocenters. The van der Waals surface area contributed by atoms with E-state index < -0.39 is 11.6 Å². The summed E-state index contributed by atoms with van der Waals surface area (Å²) in [6.07, 6.45) is 6.17. The lowest BCUT2D eigenvalue weighted by Crippen LogP contribution is -2.36. The van der Waals surface area contributed by atoms with Crippen LogP contribution < -0.4 is 10.2 Å². The molecule has 7 nitrogen and oxygen atoms in total. The molecule has 1 aliphatic heterocycles. The number of anilines is 3. The van der Waals surface area contributed by atoms with E-state index in [1.54, 1.807) is 30.7 Å². The molecule has 1 aliphatic rings. The first-order valence-electron chi connectivity index (χ1n) is 10.0. The maximum absolute atomic E-state index is 14.2. The van der Waals surface area contributed by atoms with E-state index >= 15 is 0 Å². The van der Waals surface area contributed by atoms with Crippen LogP contribution >= 0.6 is 0 Å². The molecule has 4 heterocycles. The number of aliphatic hydroxyl groups is 1. The molecule has 31 heavy (non-hydrogen) atoms. The van der Waals surface area contributed by atoms with Crippen LogP contribution in [0.1, 0.15) is 12.8 Å². The maximum atomic E-state index is 14.2. The maximum Gasteiger partial charge on any atom is 0.229 e. The van der Waals surface area contributed by atoms with Gasteiger partial charge in [0, 0.05) is 19.3 Å². The third kappa shape index (κ3) is 3.68. The average Bonchev–Trinajstić information content (AvgIpc) is 3.17. The zero-order chi connectivity index (χ0) is 21.4. The summed E-state index contributed by atoms with van der Waals surface area (Å²) in [5.74, 6) is -0.952. The Morgan fingerprint density at radius 3 is 2.55 bits per heavy atom. The fourth-order valence-electron chi connectivity index (χ4n) is 3.83. The van der Waals surface area contributed by atoms with Crippen LogP contribution in [-0.4, -0.2) is 43.9 Å².